The van der Waals surface area contributed by atoms with Crippen LogP contribution in [0.1, 0.15) is 5.56 Å². The van der Waals surface area contributed by atoms with Crippen LogP contribution in [-0.2, 0) is 6.54 Å². The van der Waals surface area contributed by atoms with Gasteiger partial charge in [0.1, 0.15) is 5.82 Å². The number of nitrogens with one attached hydrogen (secondary N) is 1. The maximum absolute atomic E-state index is 13.3. The number of hydrogen-bond donors (Lipinski definition) is 1. The zero-order valence-electron chi connectivity index (χ0n) is 9.50. The molecule has 3 heteroatoms. The first-order valence-corrected chi connectivity index (χ1v) is 5.77. The van der Waals surface area contributed by atoms with Crippen LogP contribution in [0.5, 0.6) is 0 Å². The Morgan fingerprint density at radius 1 is 1.12 bits per heavy atom. The van der Waals surface area contributed by atoms with Crippen molar-refractivity contribution in [3.05, 3.63) is 58.9 Å². The summed E-state index contributed by atoms with van der Waals surface area (Å²) in [6.45, 7) is 0.707. The lowest BCUT2D eigenvalue weighted by Crippen LogP contribution is -2.06. The van der Waals surface area contributed by atoms with Crippen LogP contribution < -0.4 is 5.32 Å². The first-order chi connectivity index (χ1) is 8.20. The first-order valence-electron chi connectivity index (χ1n) is 5.39. The van der Waals surface area contributed by atoms with Gasteiger partial charge in [-0.1, -0.05) is 29.8 Å². The molecule has 1 nitrogen and oxygen atoms in total. The van der Waals surface area contributed by atoms with E-state index in [0.717, 1.165) is 16.7 Å². The van der Waals surface area contributed by atoms with E-state index < -0.39 is 0 Å². The van der Waals surface area contributed by atoms with E-state index in [9.17, 15) is 4.39 Å². The van der Waals surface area contributed by atoms with E-state index in [2.05, 4.69) is 5.32 Å². The van der Waals surface area contributed by atoms with Gasteiger partial charge in [-0.25, -0.2) is 4.39 Å². The van der Waals surface area contributed by atoms with Gasteiger partial charge in [0.05, 0.1) is 0 Å². The van der Waals surface area contributed by atoms with Gasteiger partial charge in [0.2, 0.25) is 0 Å². The molecule has 2 aromatic rings. The third kappa shape index (κ3) is 2.84. The van der Waals surface area contributed by atoms with Gasteiger partial charge in [0.25, 0.3) is 0 Å². The Morgan fingerprint density at radius 2 is 1.82 bits per heavy atom. The van der Waals surface area contributed by atoms with E-state index >= 15 is 0 Å². The van der Waals surface area contributed by atoms with Crippen LogP contribution in [0.2, 0.25) is 5.02 Å². The van der Waals surface area contributed by atoms with Crippen molar-refractivity contribution in [2.75, 3.05) is 7.05 Å². The standard InChI is InChI=1S/C14H13ClFN/c1-17-9-11-4-7-13(16)8-14(11)10-2-5-12(15)6-3-10/h2-8,17H,9H2,1H3. The van der Waals surface area contributed by atoms with Crippen molar-refractivity contribution < 1.29 is 4.39 Å². The number of hydrogen-bond acceptors (Lipinski definition) is 1. The van der Waals surface area contributed by atoms with Crippen LogP contribution in [-0.4, -0.2) is 7.05 Å². The quantitative estimate of drug-likeness (QED) is 0.871. The minimum Gasteiger partial charge on any atom is -0.316 e. The first kappa shape index (κ1) is 12.1. The van der Waals surface area contributed by atoms with Crippen molar-refractivity contribution >= 4 is 11.6 Å². The third-order valence-electron chi connectivity index (χ3n) is 2.59. The van der Waals surface area contributed by atoms with Gasteiger partial charge in [-0.05, 0) is 48.0 Å². The predicted octanol–water partition coefficient (Wildman–Crippen LogP) is 3.87. The molecule has 88 valence electrons. The molecule has 0 radical (unpaired) electrons. The van der Waals surface area contributed by atoms with Crippen LogP contribution in [0, 0.1) is 5.82 Å². The van der Waals surface area contributed by atoms with Gasteiger partial charge in [0, 0.05) is 11.6 Å². The molecule has 0 bridgehead atoms. The fourth-order valence-corrected chi connectivity index (χ4v) is 1.92. The molecule has 0 spiro atoms. The van der Waals surface area contributed by atoms with Gasteiger partial charge in [0.15, 0.2) is 0 Å². The molecule has 0 fully saturated rings. The molecule has 0 aliphatic carbocycles. The second-order valence-electron chi connectivity index (χ2n) is 3.84. The largest absolute Gasteiger partial charge is 0.316 e. The molecule has 0 unspecified atom stereocenters. The molecule has 0 aliphatic rings. The summed E-state index contributed by atoms with van der Waals surface area (Å²) in [7, 11) is 1.87. The van der Waals surface area contributed by atoms with E-state index in [0.29, 0.717) is 11.6 Å². The van der Waals surface area contributed by atoms with E-state index in [1.54, 1.807) is 12.1 Å². The Hall–Kier alpha value is -1.38. The number of halogens is 2. The van der Waals surface area contributed by atoms with E-state index in [1.165, 1.54) is 6.07 Å². The summed E-state index contributed by atoms with van der Waals surface area (Å²) in [5.41, 5.74) is 2.94. The molecule has 0 amide bonds. The molecular formula is C14H13ClFN. The normalized spacial score (nSPS) is 10.5. The summed E-state index contributed by atoms with van der Waals surface area (Å²) in [6, 6.07) is 12.3. The van der Waals surface area contributed by atoms with Crippen molar-refractivity contribution in [2.24, 2.45) is 0 Å². The van der Waals surface area contributed by atoms with Crippen LogP contribution in [0.15, 0.2) is 42.5 Å². The lowest BCUT2D eigenvalue weighted by atomic mass is 9.99. The van der Waals surface area contributed by atoms with Crippen molar-refractivity contribution in [3.63, 3.8) is 0 Å². The van der Waals surface area contributed by atoms with Crippen molar-refractivity contribution in [1.82, 2.24) is 5.32 Å². The monoisotopic (exact) mass is 249 g/mol. The molecule has 0 heterocycles. The molecule has 0 atom stereocenters. The molecule has 1 N–H and O–H groups in total. The smallest absolute Gasteiger partial charge is 0.123 e. The van der Waals surface area contributed by atoms with Gasteiger partial charge in [-0.3, -0.25) is 0 Å². The summed E-state index contributed by atoms with van der Waals surface area (Å²) in [5.74, 6) is -0.227. The highest BCUT2D eigenvalue weighted by Gasteiger charge is 2.06. The summed E-state index contributed by atoms with van der Waals surface area (Å²) < 4.78 is 13.3. The lowest BCUT2D eigenvalue weighted by Gasteiger charge is -2.09. The minimum atomic E-state index is -0.227. The fourth-order valence-electron chi connectivity index (χ4n) is 1.79. The molecular weight excluding hydrogens is 237 g/mol. The fraction of sp³-hybridized carbons (Fsp3) is 0.143. The minimum absolute atomic E-state index is 0.227. The Labute approximate surface area is 105 Å². The van der Waals surface area contributed by atoms with Crippen LogP contribution >= 0.6 is 11.6 Å². The zero-order chi connectivity index (χ0) is 12.3. The zero-order valence-corrected chi connectivity index (χ0v) is 10.3. The Kier molecular flexibility index (Phi) is 3.77. The molecule has 2 rings (SSSR count). The van der Waals surface area contributed by atoms with Crippen molar-refractivity contribution in [2.45, 2.75) is 6.54 Å². The van der Waals surface area contributed by atoms with E-state index in [-0.39, 0.29) is 5.82 Å². The highest BCUT2D eigenvalue weighted by molar-refractivity contribution is 6.30. The van der Waals surface area contributed by atoms with Crippen LogP contribution in [0.3, 0.4) is 0 Å². The van der Waals surface area contributed by atoms with Crippen LogP contribution in [0.25, 0.3) is 11.1 Å². The highest BCUT2D eigenvalue weighted by atomic mass is 35.5. The second-order valence-corrected chi connectivity index (χ2v) is 4.28. The highest BCUT2D eigenvalue weighted by Crippen LogP contribution is 2.26. The molecule has 0 aliphatic heterocycles. The summed E-state index contributed by atoms with van der Waals surface area (Å²) in [5, 5.41) is 3.76. The Morgan fingerprint density at radius 3 is 2.47 bits per heavy atom. The van der Waals surface area contributed by atoms with Gasteiger partial charge in [-0.2, -0.15) is 0 Å². The average Bonchev–Trinajstić information content (AvgIpc) is 2.33. The van der Waals surface area contributed by atoms with Crippen molar-refractivity contribution in [3.8, 4) is 11.1 Å². The molecule has 0 saturated heterocycles. The SMILES string of the molecule is CNCc1ccc(F)cc1-c1ccc(Cl)cc1. The van der Waals surface area contributed by atoms with Gasteiger partial charge >= 0.3 is 0 Å². The number of benzene rings is 2. The predicted molar refractivity (Wildman–Crippen MR) is 69.6 cm³/mol. The Balaban J connectivity index is 2.48. The average molecular weight is 250 g/mol. The topological polar surface area (TPSA) is 12.0 Å². The molecule has 2 aromatic carbocycles. The molecule has 17 heavy (non-hydrogen) atoms. The molecule has 0 saturated carbocycles. The maximum atomic E-state index is 13.3. The molecule has 0 aromatic heterocycles. The van der Waals surface area contributed by atoms with E-state index in [4.69, 9.17) is 11.6 Å². The van der Waals surface area contributed by atoms with Crippen LogP contribution in [0.4, 0.5) is 4.39 Å². The summed E-state index contributed by atoms with van der Waals surface area (Å²) in [4.78, 5) is 0. The summed E-state index contributed by atoms with van der Waals surface area (Å²) >= 11 is 5.84. The van der Waals surface area contributed by atoms with Crippen molar-refractivity contribution in [1.29, 1.82) is 0 Å². The van der Waals surface area contributed by atoms with Gasteiger partial charge < -0.3 is 5.32 Å². The number of rotatable bonds is 3. The maximum Gasteiger partial charge on any atom is 0.123 e. The second kappa shape index (κ2) is 5.30. The lowest BCUT2D eigenvalue weighted by molar-refractivity contribution is 0.627. The summed E-state index contributed by atoms with van der Waals surface area (Å²) in [6.07, 6.45) is 0. The Bertz CT molecular complexity index is 508. The third-order valence-corrected chi connectivity index (χ3v) is 2.85. The van der Waals surface area contributed by atoms with Gasteiger partial charge in [-0.15, -0.1) is 0 Å². The van der Waals surface area contributed by atoms with E-state index in [1.807, 2.05) is 31.3 Å².